The fraction of sp³-hybridized carbons (Fsp3) is 0.368. The Bertz CT molecular complexity index is 749. The minimum absolute atomic E-state index is 0. The van der Waals surface area contributed by atoms with E-state index in [4.69, 9.17) is 4.42 Å². The summed E-state index contributed by atoms with van der Waals surface area (Å²) in [7, 11) is 1.69. The van der Waals surface area contributed by atoms with E-state index in [1.54, 1.807) is 19.2 Å². The van der Waals surface area contributed by atoms with Gasteiger partial charge in [-0.05, 0) is 43.5 Å². The lowest BCUT2D eigenvalue weighted by Gasteiger charge is -2.12. The quantitative estimate of drug-likeness (QED) is 0.231. The van der Waals surface area contributed by atoms with Crippen molar-refractivity contribution in [2.75, 3.05) is 26.7 Å². The molecule has 2 aromatic rings. The lowest BCUT2D eigenvalue weighted by atomic mass is 10.1. The fourth-order valence-electron chi connectivity index (χ4n) is 2.42. The first-order chi connectivity index (χ1) is 12.6. The number of carbonyl (C=O) groups excluding carboxylic acids is 1. The summed E-state index contributed by atoms with van der Waals surface area (Å²) in [5.41, 5.74) is 1.76. The predicted octanol–water partition coefficient (Wildman–Crippen LogP) is 2.87. The molecule has 0 unspecified atom stereocenters. The average molecular weight is 488 g/mol. The van der Waals surface area contributed by atoms with Crippen molar-refractivity contribution in [3.63, 3.8) is 0 Å². The first kappa shape index (κ1) is 22.9. The molecule has 0 aliphatic rings. The second kappa shape index (κ2) is 12.3. The number of benzene rings is 1. The first-order valence-corrected chi connectivity index (χ1v) is 8.61. The second-order valence-corrected chi connectivity index (χ2v) is 5.85. The molecule has 0 aliphatic heterocycles. The Morgan fingerprint density at radius 1 is 1.15 bits per heavy atom. The van der Waals surface area contributed by atoms with Crippen LogP contribution in [-0.2, 0) is 6.42 Å². The summed E-state index contributed by atoms with van der Waals surface area (Å²) in [5, 5.41) is 9.18. The summed E-state index contributed by atoms with van der Waals surface area (Å²) in [6.07, 6.45) is 2.96. The zero-order valence-corrected chi connectivity index (χ0v) is 17.9. The van der Waals surface area contributed by atoms with Gasteiger partial charge in [-0.2, -0.15) is 0 Å². The molecule has 6 nitrogen and oxygen atoms in total. The third-order valence-corrected chi connectivity index (χ3v) is 3.82. The molecule has 0 atom stereocenters. The zero-order valence-electron chi connectivity index (χ0n) is 15.5. The molecule has 1 amide bonds. The van der Waals surface area contributed by atoms with Gasteiger partial charge in [0, 0.05) is 32.2 Å². The highest BCUT2D eigenvalue weighted by Gasteiger charge is 2.11. The van der Waals surface area contributed by atoms with Crippen LogP contribution in [-0.4, -0.2) is 38.5 Å². The van der Waals surface area contributed by atoms with E-state index < -0.39 is 0 Å². The Morgan fingerprint density at radius 2 is 1.89 bits per heavy atom. The number of furan rings is 1. The minimum Gasteiger partial charge on any atom is -0.459 e. The fourth-order valence-corrected chi connectivity index (χ4v) is 2.42. The zero-order chi connectivity index (χ0) is 18.8. The maximum absolute atomic E-state index is 13.1. The molecule has 0 saturated carbocycles. The molecule has 1 aromatic heterocycles. The predicted molar refractivity (Wildman–Crippen MR) is 115 cm³/mol. The molecule has 0 aliphatic carbocycles. The number of aliphatic imine (C=N–C) groups is 1. The third-order valence-electron chi connectivity index (χ3n) is 3.82. The van der Waals surface area contributed by atoms with Crippen molar-refractivity contribution in [2.24, 2.45) is 4.99 Å². The van der Waals surface area contributed by atoms with Crippen molar-refractivity contribution in [1.29, 1.82) is 0 Å². The molecular formula is C19H26FIN4O2. The highest BCUT2D eigenvalue weighted by molar-refractivity contribution is 14.0. The van der Waals surface area contributed by atoms with Crippen LogP contribution in [0.25, 0.3) is 0 Å². The molecule has 3 N–H and O–H groups in total. The van der Waals surface area contributed by atoms with Crippen LogP contribution in [0.2, 0.25) is 0 Å². The number of guanidine groups is 1. The summed E-state index contributed by atoms with van der Waals surface area (Å²) >= 11 is 0. The van der Waals surface area contributed by atoms with Gasteiger partial charge in [0.25, 0.3) is 5.91 Å². The molecule has 0 fully saturated rings. The Hall–Kier alpha value is -2.10. The molecular weight excluding hydrogens is 462 g/mol. The molecule has 0 bridgehead atoms. The van der Waals surface area contributed by atoms with Crippen molar-refractivity contribution < 1.29 is 13.6 Å². The molecule has 8 heteroatoms. The maximum Gasteiger partial charge on any atom is 0.287 e. The van der Waals surface area contributed by atoms with Crippen LogP contribution in [0.15, 0.2) is 46.0 Å². The number of halogens is 2. The lowest BCUT2D eigenvalue weighted by molar-refractivity contribution is 0.0925. The highest BCUT2D eigenvalue weighted by Crippen LogP contribution is 2.07. The number of rotatable bonds is 8. The molecule has 2 rings (SSSR count). The Kier molecular flexibility index (Phi) is 10.5. The van der Waals surface area contributed by atoms with Gasteiger partial charge in [-0.15, -0.1) is 24.0 Å². The molecule has 0 spiro atoms. The van der Waals surface area contributed by atoms with E-state index in [1.807, 2.05) is 13.0 Å². The summed E-state index contributed by atoms with van der Waals surface area (Å²) in [4.78, 5) is 16.0. The Labute approximate surface area is 176 Å². The summed E-state index contributed by atoms with van der Waals surface area (Å²) in [6.45, 7) is 3.68. The van der Waals surface area contributed by atoms with Gasteiger partial charge < -0.3 is 20.4 Å². The van der Waals surface area contributed by atoms with Crippen LogP contribution in [0, 0.1) is 12.7 Å². The van der Waals surface area contributed by atoms with E-state index in [0.717, 1.165) is 17.5 Å². The number of amides is 1. The minimum atomic E-state index is -0.225. The number of aryl methyl sites for hydroxylation is 1. The molecule has 0 saturated heterocycles. The van der Waals surface area contributed by atoms with Gasteiger partial charge in [-0.25, -0.2) is 4.39 Å². The van der Waals surface area contributed by atoms with Gasteiger partial charge in [0.1, 0.15) is 5.82 Å². The topological polar surface area (TPSA) is 78.7 Å². The second-order valence-electron chi connectivity index (χ2n) is 5.85. The lowest BCUT2D eigenvalue weighted by Crippen LogP contribution is -2.39. The third kappa shape index (κ3) is 7.98. The van der Waals surface area contributed by atoms with Crippen molar-refractivity contribution >= 4 is 35.8 Å². The molecule has 1 aromatic carbocycles. The molecule has 1 heterocycles. The van der Waals surface area contributed by atoms with Crippen molar-refractivity contribution in [2.45, 2.75) is 19.8 Å². The SMILES string of the molecule is CN=C(NCCCNC(=O)c1occc1C)NCCc1cccc(F)c1.I. The van der Waals surface area contributed by atoms with Crippen LogP contribution in [0.4, 0.5) is 4.39 Å². The largest absolute Gasteiger partial charge is 0.459 e. The van der Waals surface area contributed by atoms with Gasteiger partial charge in [0.05, 0.1) is 6.26 Å². The number of hydrogen-bond acceptors (Lipinski definition) is 3. The monoisotopic (exact) mass is 488 g/mol. The van der Waals surface area contributed by atoms with Crippen molar-refractivity contribution in [3.8, 4) is 0 Å². The van der Waals surface area contributed by atoms with Crippen LogP contribution in [0.1, 0.15) is 28.1 Å². The van der Waals surface area contributed by atoms with Crippen LogP contribution in [0.5, 0.6) is 0 Å². The first-order valence-electron chi connectivity index (χ1n) is 8.61. The van der Waals surface area contributed by atoms with Gasteiger partial charge in [-0.3, -0.25) is 9.79 Å². The van der Waals surface area contributed by atoms with Gasteiger partial charge in [-0.1, -0.05) is 12.1 Å². The van der Waals surface area contributed by atoms with E-state index in [2.05, 4.69) is 20.9 Å². The molecule has 27 heavy (non-hydrogen) atoms. The van der Waals surface area contributed by atoms with Crippen LogP contribution < -0.4 is 16.0 Å². The highest BCUT2D eigenvalue weighted by atomic mass is 127. The number of hydrogen-bond donors (Lipinski definition) is 3. The smallest absolute Gasteiger partial charge is 0.287 e. The van der Waals surface area contributed by atoms with Crippen LogP contribution >= 0.6 is 24.0 Å². The Morgan fingerprint density at radius 3 is 2.56 bits per heavy atom. The van der Waals surface area contributed by atoms with Gasteiger partial charge in [0.15, 0.2) is 11.7 Å². The normalized spacial score (nSPS) is 10.9. The number of nitrogens with zero attached hydrogens (tertiary/aromatic N) is 1. The van der Waals surface area contributed by atoms with E-state index >= 15 is 0 Å². The summed E-state index contributed by atoms with van der Waals surface area (Å²) < 4.78 is 18.3. The van der Waals surface area contributed by atoms with E-state index in [1.165, 1.54) is 18.4 Å². The summed E-state index contributed by atoms with van der Waals surface area (Å²) in [5.74, 6) is 0.601. The Balaban J connectivity index is 0.00000364. The van der Waals surface area contributed by atoms with E-state index in [-0.39, 0.29) is 35.7 Å². The maximum atomic E-state index is 13.1. The summed E-state index contributed by atoms with van der Waals surface area (Å²) in [6, 6.07) is 8.32. The van der Waals surface area contributed by atoms with E-state index in [9.17, 15) is 9.18 Å². The molecule has 0 radical (unpaired) electrons. The number of nitrogens with one attached hydrogen (secondary N) is 3. The van der Waals surface area contributed by atoms with Crippen LogP contribution in [0.3, 0.4) is 0 Å². The van der Waals surface area contributed by atoms with Crippen molar-refractivity contribution in [3.05, 3.63) is 59.3 Å². The van der Waals surface area contributed by atoms with Gasteiger partial charge in [0.2, 0.25) is 0 Å². The average Bonchev–Trinajstić information content (AvgIpc) is 3.06. The standard InChI is InChI=1S/C19H25FN4O2.HI/c1-14-8-12-26-17(14)18(25)22-9-4-10-23-19(21-2)24-11-7-15-5-3-6-16(20)13-15;/h3,5-6,8,12-13H,4,7,9-11H2,1-2H3,(H,22,25)(H2,21,23,24);1H. The number of carbonyl (C=O) groups is 1. The molecule has 148 valence electrons. The van der Waals surface area contributed by atoms with Crippen molar-refractivity contribution in [1.82, 2.24) is 16.0 Å². The van der Waals surface area contributed by atoms with E-state index in [0.29, 0.717) is 37.8 Å². The van der Waals surface area contributed by atoms with Gasteiger partial charge >= 0.3 is 0 Å².